The highest BCUT2D eigenvalue weighted by Crippen LogP contribution is 2.24. The van der Waals surface area contributed by atoms with Crippen molar-refractivity contribution in [3.05, 3.63) is 34.9 Å². The van der Waals surface area contributed by atoms with E-state index in [0.717, 1.165) is 44.2 Å². The summed E-state index contributed by atoms with van der Waals surface area (Å²) in [7, 11) is 0. The van der Waals surface area contributed by atoms with Crippen LogP contribution in [0.25, 0.3) is 0 Å². The van der Waals surface area contributed by atoms with Crippen LogP contribution in [0.4, 0.5) is 0 Å². The summed E-state index contributed by atoms with van der Waals surface area (Å²) in [6, 6.07) is 6.14. The molecule has 1 aliphatic heterocycles. The highest BCUT2D eigenvalue weighted by atomic mass is 16.2. The average molecular weight is 328 g/mol. The van der Waals surface area contributed by atoms with Crippen molar-refractivity contribution in [1.82, 2.24) is 4.90 Å². The van der Waals surface area contributed by atoms with Crippen molar-refractivity contribution in [2.75, 3.05) is 6.54 Å². The van der Waals surface area contributed by atoms with E-state index in [9.17, 15) is 9.59 Å². The number of fused-ring (bicyclic) bond motifs is 1. The van der Waals surface area contributed by atoms with Crippen molar-refractivity contribution < 1.29 is 9.59 Å². The second-order valence-electron chi connectivity index (χ2n) is 7.27. The van der Waals surface area contributed by atoms with E-state index in [1.165, 1.54) is 17.5 Å². The number of piperidine rings is 1. The van der Waals surface area contributed by atoms with Crippen molar-refractivity contribution in [3.63, 3.8) is 0 Å². The standard InChI is InChI=1S/C20H28N2O2/c1-14(21)18-7-2-3-12-22(18)20(24)11-10-19(23)17-9-8-15-5-4-6-16(15)13-17/h8-9,13-14,18H,2-7,10-12,21H2,1H3. The van der Waals surface area contributed by atoms with Gasteiger partial charge in [0, 0.05) is 37.0 Å². The molecule has 1 aromatic carbocycles. The number of hydrogen-bond acceptors (Lipinski definition) is 3. The third-order valence-corrected chi connectivity index (χ3v) is 5.46. The zero-order chi connectivity index (χ0) is 17.1. The minimum Gasteiger partial charge on any atom is -0.338 e. The van der Waals surface area contributed by atoms with Gasteiger partial charge in [-0.05, 0) is 62.6 Å². The first-order valence-corrected chi connectivity index (χ1v) is 9.26. The van der Waals surface area contributed by atoms with Gasteiger partial charge in [-0.1, -0.05) is 12.1 Å². The molecule has 1 heterocycles. The fraction of sp³-hybridized carbons (Fsp3) is 0.600. The van der Waals surface area contributed by atoms with E-state index in [-0.39, 0.29) is 23.8 Å². The van der Waals surface area contributed by atoms with Gasteiger partial charge in [0.1, 0.15) is 0 Å². The maximum atomic E-state index is 12.6. The van der Waals surface area contributed by atoms with Crippen LogP contribution in [-0.2, 0) is 17.6 Å². The van der Waals surface area contributed by atoms with Gasteiger partial charge in [0.25, 0.3) is 0 Å². The van der Waals surface area contributed by atoms with Gasteiger partial charge in [-0.3, -0.25) is 9.59 Å². The molecule has 24 heavy (non-hydrogen) atoms. The Morgan fingerprint density at radius 2 is 1.96 bits per heavy atom. The Morgan fingerprint density at radius 1 is 1.17 bits per heavy atom. The molecule has 2 atom stereocenters. The molecule has 4 heteroatoms. The van der Waals surface area contributed by atoms with Crippen molar-refractivity contribution in [2.24, 2.45) is 5.73 Å². The number of carbonyl (C=O) groups is 2. The molecule has 2 N–H and O–H groups in total. The minimum atomic E-state index is -0.0123. The van der Waals surface area contributed by atoms with Gasteiger partial charge in [0.2, 0.25) is 5.91 Å². The predicted octanol–water partition coefficient (Wildman–Crippen LogP) is 2.87. The van der Waals surface area contributed by atoms with Gasteiger partial charge in [0.05, 0.1) is 0 Å². The number of nitrogens with two attached hydrogens (primary N) is 1. The number of hydrogen-bond donors (Lipinski definition) is 1. The number of likely N-dealkylation sites (tertiary alicyclic amines) is 1. The SMILES string of the molecule is CC(N)C1CCCCN1C(=O)CCC(=O)c1ccc2c(c1)CCC2. The molecule has 1 aliphatic carbocycles. The lowest BCUT2D eigenvalue weighted by atomic mass is 9.96. The maximum absolute atomic E-state index is 12.6. The molecule has 0 spiro atoms. The minimum absolute atomic E-state index is 0.0123. The van der Waals surface area contributed by atoms with Gasteiger partial charge in [0.15, 0.2) is 5.78 Å². The second kappa shape index (κ2) is 7.47. The van der Waals surface area contributed by atoms with E-state index >= 15 is 0 Å². The Labute approximate surface area is 144 Å². The molecule has 1 saturated heterocycles. The highest BCUT2D eigenvalue weighted by molar-refractivity contribution is 5.98. The molecule has 130 valence electrons. The summed E-state index contributed by atoms with van der Waals surface area (Å²) in [5.41, 5.74) is 9.47. The molecule has 0 radical (unpaired) electrons. The van der Waals surface area contributed by atoms with Gasteiger partial charge >= 0.3 is 0 Å². The fourth-order valence-corrected chi connectivity index (χ4v) is 4.07. The van der Waals surface area contributed by atoms with Crippen LogP contribution in [0, 0.1) is 0 Å². The van der Waals surface area contributed by atoms with Gasteiger partial charge in [-0.15, -0.1) is 0 Å². The molecule has 0 bridgehead atoms. The summed E-state index contributed by atoms with van der Waals surface area (Å²) < 4.78 is 0. The monoisotopic (exact) mass is 328 g/mol. The van der Waals surface area contributed by atoms with Gasteiger partial charge < -0.3 is 10.6 Å². The summed E-state index contributed by atoms with van der Waals surface area (Å²) in [6.45, 7) is 2.74. The van der Waals surface area contributed by atoms with Crippen LogP contribution in [-0.4, -0.2) is 35.2 Å². The highest BCUT2D eigenvalue weighted by Gasteiger charge is 2.29. The van der Waals surface area contributed by atoms with Crippen molar-refractivity contribution >= 4 is 11.7 Å². The molecule has 3 rings (SSSR count). The Balaban J connectivity index is 1.58. The molecule has 2 aliphatic rings. The van der Waals surface area contributed by atoms with E-state index in [1.807, 2.05) is 24.0 Å². The Bertz CT molecular complexity index is 624. The molecule has 2 unspecified atom stereocenters. The van der Waals surface area contributed by atoms with Gasteiger partial charge in [-0.2, -0.15) is 0 Å². The first-order chi connectivity index (χ1) is 11.6. The molecule has 1 fully saturated rings. The number of benzene rings is 1. The van der Waals surface area contributed by atoms with Crippen LogP contribution in [0.1, 0.15) is 66.9 Å². The third-order valence-electron chi connectivity index (χ3n) is 5.46. The summed E-state index contributed by atoms with van der Waals surface area (Å²) >= 11 is 0. The average Bonchev–Trinajstić information content (AvgIpc) is 3.06. The first kappa shape index (κ1) is 17.2. The maximum Gasteiger partial charge on any atom is 0.223 e. The van der Waals surface area contributed by atoms with Crippen LogP contribution < -0.4 is 5.73 Å². The van der Waals surface area contributed by atoms with Crippen LogP contribution in [0.3, 0.4) is 0 Å². The van der Waals surface area contributed by atoms with Crippen LogP contribution in [0.2, 0.25) is 0 Å². The molecular formula is C20H28N2O2. The number of aryl methyl sites for hydroxylation is 2. The van der Waals surface area contributed by atoms with E-state index in [2.05, 4.69) is 6.07 Å². The summed E-state index contributed by atoms with van der Waals surface area (Å²) in [5.74, 6) is 0.152. The lowest BCUT2D eigenvalue weighted by Gasteiger charge is -2.38. The third kappa shape index (κ3) is 3.69. The van der Waals surface area contributed by atoms with E-state index < -0.39 is 0 Å². The Kier molecular flexibility index (Phi) is 5.34. The summed E-state index contributed by atoms with van der Waals surface area (Å²) in [4.78, 5) is 26.9. The quantitative estimate of drug-likeness (QED) is 0.845. The molecule has 1 amide bonds. The summed E-state index contributed by atoms with van der Waals surface area (Å²) in [5, 5.41) is 0. The number of nitrogens with zero attached hydrogens (tertiary/aromatic N) is 1. The molecular weight excluding hydrogens is 300 g/mol. The van der Waals surface area contributed by atoms with E-state index in [4.69, 9.17) is 5.73 Å². The van der Waals surface area contributed by atoms with Crippen molar-refractivity contribution in [2.45, 2.75) is 70.4 Å². The van der Waals surface area contributed by atoms with E-state index in [1.54, 1.807) is 0 Å². The van der Waals surface area contributed by atoms with Crippen LogP contribution >= 0.6 is 0 Å². The van der Waals surface area contributed by atoms with E-state index in [0.29, 0.717) is 12.8 Å². The Hall–Kier alpha value is -1.68. The molecule has 0 saturated carbocycles. The van der Waals surface area contributed by atoms with Crippen LogP contribution in [0.5, 0.6) is 0 Å². The Morgan fingerprint density at radius 3 is 2.75 bits per heavy atom. The lowest BCUT2D eigenvalue weighted by molar-refractivity contribution is -0.135. The van der Waals surface area contributed by atoms with Crippen molar-refractivity contribution in [3.8, 4) is 0 Å². The number of rotatable bonds is 5. The summed E-state index contributed by atoms with van der Waals surface area (Å²) in [6.07, 6.45) is 7.09. The number of ketones is 1. The predicted molar refractivity (Wildman–Crippen MR) is 95.0 cm³/mol. The normalized spacial score (nSPS) is 21.4. The number of Topliss-reactive ketones (excluding diaryl/α,β-unsaturated/α-hetero) is 1. The van der Waals surface area contributed by atoms with Crippen LogP contribution in [0.15, 0.2) is 18.2 Å². The van der Waals surface area contributed by atoms with Gasteiger partial charge in [-0.25, -0.2) is 0 Å². The number of amides is 1. The lowest BCUT2D eigenvalue weighted by Crippen LogP contribution is -2.51. The first-order valence-electron chi connectivity index (χ1n) is 9.26. The molecule has 1 aromatic rings. The zero-order valence-corrected chi connectivity index (χ0v) is 14.6. The molecule has 0 aromatic heterocycles. The smallest absolute Gasteiger partial charge is 0.223 e. The largest absolute Gasteiger partial charge is 0.338 e. The zero-order valence-electron chi connectivity index (χ0n) is 14.6. The number of carbonyl (C=O) groups excluding carboxylic acids is 2. The second-order valence-corrected chi connectivity index (χ2v) is 7.27. The van der Waals surface area contributed by atoms with Crippen molar-refractivity contribution in [1.29, 1.82) is 0 Å². The fourth-order valence-electron chi connectivity index (χ4n) is 4.07. The molecule has 4 nitrogen and oxygen atoms in total. The topological polar surface area (TPSA) is 63.4 Å².